The Hall–Kier alpha value is -1.43. The minimum absolute atomic E-state index is 0.0632. The van der Waals surface area contributed by atoms with Crippen molar-refractivity contribution in [1.82, 2.24) is 4.90 Å². The molecule has 0 aliphatic rings. The molecule has 1 aromatic rings. The third-order valence-electron chi connectivity index (χ3n) is 2.70. The van der Waals surface area contributed by atoms with Crippen LogP contribution in [0.5, 0.6) is 0 Å². The van der Waals surface area contributed by atoms with Gasteiger partial charge in [0.05, 0.1) is 25.9 Å². The second-order valence-electron chi connectivity index (χ2n) is 4.38. The van der Waals surface area contributed by atoms with Crippen LogP contribution in [0.2, 0.25) is 0 Å². The van der Waals surface area contributed by atoms with Gasteiger partial charge in [0.1, 0.15) is 0 Å². The molecule has 0 saturated carbocycles. The van der Waals surface area contributed by atoms with Crippen LogP contribution in [0.3, 0.4) is 0 Å². The Morgan fingerprint density at radius 3 is 2.63 bits per heavy atom. The molecule has 0 bridgehead atoms. The number of aliphatic hydroxyl groups is 1. The SMILES string of the molecule is CCN(CC(=O)O)CC(O)COCc1ccccc1. The Balaban J connectivity index is 2.23. The van der Waals surface area contributed by atoms with Crippen LogP contribution in [-0.2, 0) is 16.1 Å². The molecule has 0 fully saturated rings. The average Bonchev–Trinajstić information content (AvgIpc) is 2.38. The summed E-state index contributed by atoms with van der Waals surface area (Å²) in [6, 6.07) is 9.70. The van der Waals surface area contributed by atoms with Crippen LogP contribution in [-0.4, -0.2) is 53.4 Å². The van der Waals surface area contributed by atoms with E-state index >= 15 is 0 Å². The molecule has 1 rings (SSSR count). The molecule has 0 aliphatic heterocycles. The molecule has 0 saturated heterocycles. The van der Waals surface area contributed by atoms with Gasteiger partial charge in [-0.25, -0.2) is 0 Å². The van der Waals surface area contributed by atoms with Crippen LogP contribution < -0.4 is 0 Å². The molecular formula is C14H21NO4. The number of hydrogen-bond acceptors (Lipinski definition) is 4. The number of carboxylic acids is 1. The lowest BCUT2D eigenvalue weighted by Gasteiger charge is -2.21. The van der Waals surface area contributed by atoms with Crippen LogP contribution in [0, 0.1) is 0 Å². The van der Waals surface area contributed by atoms with Gasteiger partial charge in [-0.05, 0) is 12.1 Å². The van der Waals surface area contributed by atoms with E-state index in [0.29, 0.717) is 19.7 Å². The van der Waals surface area contributed by atoms with Gasteiger partial charge >= 0.3 is 5.97 Å². The zero-order chi connectivity index (χ0) is 14.1. The summed E-state index contributed by atoms with van der Waals surface area (Å²) in [7, 11) is 0. The van der Waals surface area contributed by atoms with Crippen molar-refractivity contribution in [1.29, 1.82) is 0 Å². The van der Waals surface area contributed by atoms with Gasteiger partial charge in [-0.3, -0.25) is 9.69 Å². The molecule has 0 amide bonds. The largest absolute Gasteiger partial charge is 0.480 e. The second-order valence-corrected chi connectivity index (χ2v) is 4.38. The minimum atomic E-state index is -0.890. The first-order chi connectivity index (χ1) is 9.11. The molecule has 1 aromatic carbocycles. The first-order valence-corrected chi connectivity index (χ1v) is 6.35. The van der Waals surface area contributed by atoms with Crippen LogP contribution in [0.25, 0.3) is 0 Å². The standard InChI is InChI=1S/C14H21NO4/c1-2-15(9-14(17)18)8-13(16)11-19-10-12-6-4-3-5-7-12/h3-7,13,16H,2,8-11H2,1H3,(H,17,18). The topological polar surface area (TPSA) is 70.0 Å². The van der Waals surface area contributed by atoms with E-state index in [1.54, 1.807) is 4.90 Å². The molecule has 19 heavy (non-hydrogen) atoms. The summed E-state index contributed by atoms with van der Waals surface area (Å²) in [4.78, 5) is 12.3. The maximum absolute atomic E-state index is 10.6. The molecule has 1 atom stereocenters. The Morgan fingerprint density at radius 2 is 2.05 bits per heavy atom. The van der Waals surface area contributed by atoms with Gasteiger partial charge in [0, 0.05) is 6.54 Å². The molecular weight excluding hydrogens is 246 g/mol. The molecule has 1 unspecified atom stereocenters. The van der Waals surface area contributed by atoms with E-state index in [4.69, 9.17) is 9.84 Å². The van der Waals surface area contributed by atoms with E-state index in [1.807, 2.05) is 37.3 Å². The van der Waals surface area contributed by atoms with Crippen molar-refractivity contribution in [3.8, 4) is 0 Å². The predicted molar refractivity (Wildman–Crippen MR) is 71.9 cm³/mol. The zero-order valence-corrected chi connectivity index (χ0v) is 11.2. The van der Waals surface area contributed by atoms with Crippen molar-refractivity contribution in [2.45, 2.75) is 19.6 Å². The van der Waals surface area contributed by atoms with E-state index in [9.17, 15) is 9.90 Å². The maximum atomic E-state index is 10.6. The van der Waals surface area contributed by atoms with E-state index in [2.05, 4.69) is 0 Å². The third kappa shape index (κ3) is 6.91. The highest BCUT2D eigenvalue weighted by Gasteiger charge is 2.13. The summed E-state index contributed by atoms with van der Waals surface area (Å²) in [6.07, 6.45) is -0.678. The molecule has 106 valence electrons. The molecule has 0 aliphatic carbocycles. The Kier molecular flexibility index (Phi) is 7.10. The lowest BCUT2D eigenvalue weighted by molar-refractivity contribution is -0.138. The van der Waals surface area contributed by atoms with Crippen LogP contribution in [0.1, 0.15) is 12.5 Å². The maximum Gasteiger partial charge on any atom is 0.317 e. The summed E-state index contributed by atoms with van der Waals surface area (Å²) in [6.45, 7) is 3.33. The average molecular weight is 267 g/mol. The number of nitrogens with zero attached hydrogens (tertiary/aromatic N) is 1. The number of hydrogen-bond donors (Lipinski definition) is 2. The summed E-state index contributed by atoms with van der Waals surface area (Å²) in [5, 5.41) is 18.5. The van der Waals surface area contributed by atoms with Crippen molar-refractivity contribution in [2.24, 2.45) is 0 Å². The number of ether oxygens (including phenoxy) is 1. The van der Waals surface area contributed by atoms with Gasteiger partial charge in [-0.15, -0.1) is 0 Å². The quantitative estimate of drug-likeness (QED) is 0.697. The summed E-state index contributed by atoms with van der Waals surface area (Å²) >= 11 is 0. The highest BCUT2D eigenvalue weighted by atomic mass is 16.5. The Bertz CT molecular complexity index is 369. The van der Waals surface area contributed by atoms with Gasteiger partial charge in [0.15, 0.2) is 0 Å². The molecule has 0 radical (unpaired) electrons. The summed E-state index contributed by atoms with van der Waals surface area (Å²) in [5.74, 6) is -0.890. The lowest BCUT2D eigenvalue weighted by atomic mass is 10.2. The number of carboxylic acid groups (broad SMARTS) is 1. The van der Waals surface area contributed by atoms with Gasteiger partial charge in [0.25, 0.3) is 0 Å². The normalized spacial score (nSPS) is 12.6. The fourth-order valence-corrected chi connectivity index (χ4v) is 1.73. The second kappa shape index (κ2) is 8.63. The summed E-state index contributed by atoms with van der Waals surface area (Å²) in [5.41, 5.74) is 1.05. The molecule has 0 aromatic heterocycles. The zero-order valence-electron chi connectivity index (χ0n) is 11.2. The van der Waals surface area contributed by atoms with E-state index in [1.165, 1.54) is 0 Å². The lowest BCUT2D eigenvalue weighted by Crippen LogP contribution is -2.38. The van der Waals surface area contributed by atoms with Crippen LogP contribution in [0.4, 0.5) is 0 Å². The molecule has 0 spiro atoms. The molecule has 0 heterocycles. The predicted octanol–water partition coefficient (Wildman–Crippen LogP) is 0.971. The van der Waals surface area contributed by atoms with E-state index in [0.717, 1.165) is 5.56 Å². The first kappa shape index (κ1) is 15.6. The number of likely N-dealkylation sites (N-methyl/N-ethyl adjacent to an activating group) is 1. The third-order valence-corrected chi connectivity index (χ3v) is 2.70. The van der Waals surface area contributed by atoms with Gasteiger partial charge < -0.3 is 14.9 Å². The highest BCUT2D eigenvalue weighted by molar-refractivity contribution is 5.69. The van der Waals surface area contributed by atoms with Crippen molar-refractivity contribution in [3.63, 3.8) is 0 Å². The first-order valence-electron chi connectivity index (χ1n) is 6.35. The molecule has 5 heteroatoms. The minimum Gasteiger partial charge on any atom is -0.480 e. The highest BCUT2D eigenvalue weighted by Crippen LogP contribution is 2.01. The Labute approximate surface area is 113 Å². The van der Waals surface area contributed by atoms with Gasteiger partial charge in [-0.2, -0.15) is 0 Å². The molecule has 2 N–H and O–H groups in total. The van der Waals surface area contributed by atoms with Crippen molar-refractivity contribution < 1.29 is 19.7 Å². The monoisotopic (exact) mass is 267 g/mol. The van der Waals surface area contributed by atoms with Crippen LogP contribution >= 0.6 is 0 Å². The van der Waals surface area contributed by atoms with Crippen LogP contribution in [0.15, 0.2) is 30.3 Å². The van der Waals surface area contributed by atoms with Gasteiger partial charge in [-0.1, -0.05) is 37.3 Å². The fourth-order valence-electron chi connectivity index (χ4n) is 1.73. The number of aliphatic carboxylic acids is 1. The van der Waals surface area contributed by atoms with E-state index in [-0.39, 0.29) is 13.2 Å². The number of rotatable bonds is 9. The smallest absolute Gasteiger partial charge is 0.317 e. The molecule has 5 nitrogen and oxygen atoms in total. The van der Waals surface area contributed by atoms with E-state index < -0.39 is 12.1 Å². The summed E-state index contributed by atoms with van der Waals surface area (Å²) < 4.78 is 5.41. The van der Waals surface area contributed by atoms with Crippen molar-refractivity contribution >= 4 is 5.97 Å². The fraction of sp³-hybridized carbons (Fsp3) is 0.500. The Morgan fingerprint density at radius 1 is 1.37 bits per heavy atom. The number of carbonyl (C=O) groups is 1. The van der Waals surface area contributed by atoms with Crippen molar-refractivity contribution in [2.75, 3.05) is 26.2 Å². The number of benzene rings is 1. The number of aliphatic hydroxyl groups excluding tert-OH is 1. The van der Waals surface area contributed by atoms with Gasteiger partial charge in [0.2, 0.25) is 0 Å². The van der Waals surface area contributed by atoms with Crippen molar-refractivity contribution in [3.05, 3.63) is 35.9 Å².